The van der Waals surface area contributed by atoms with E-state index in [1.807, 2.05) is 64.8 Å². The maximum atomic E-state index is 8.45. The Hall–Kier alpha value is -2.04. The van der Waals surface area contributed by atoms with Crippen molar-refractivity contribution in [2.75, 3.05) is 67.6 Å². The minimum atomic E-state index is 0.276. The van der Waals surface area contributed by atoms with Crippen molar-refractivity contribution in [3.05, 3.63) is 49.1 Å². The molecule has 0 unspecified atom stereocenters. The highest BCUT2D eigenvalue weighted by Crippen LogP contribution is 1.91. The maximum Gasteiger partial charge on any atom is 0.0608 e. The van der Waals surface area contributed by atoms with Gasteiger partial charge in [0.1, 0.15) is 0 Å². The van der Waals surface area contributed by atoms with Crippen LogP contribution in [0.3, 0.4) is 0 Å². The van der Waals surface area contributed by atoms with Gasteiger partial charge >= 0.3 is 0 Å². The van der Waals surface area contributed by atoms with E-state index in [2.05, 4.69) is 36.4 Å². The number of aryl methyl sites for hydroxylation is 2. The zero-order valence-corrected chi connectivity index (χ0v) is 21.3. The van der Waals surface area contributed by atoms with E-state index in [1.54, 1.807) is 0 Å². The molecule has 9 nitrogen and oxygen atoms in total. The molecule has 0 spiro atoms. The molecule has 0 aliphatic rings. The van der Waals surface area contributed by atoms with Crippen molar-refractivity contribution in [2.24, 2.45) is 10.8 Å². The van der Waals surface area contributed by atoms with Crippen LogP contribution in [0.4, 0.5) is 0 Å². The second kappa shape index (κ2) is 26.2. The van der Waals surface area contributed by atoms with Gasteiger partial charge in [-0.25, -0.2) is 5.53 Å². The second-order valence-corrected chi connectivity index (χ2v) is 7.98. The Bertz CT molecular complexity index is 550. The molecule has 5 N–H and O–H groups in total. The zero-order chi connectivity index (χ0) is 25.2. The van der Waals surface area contributed by atoms with Gasteiger partial charge in [-0.3, -0.25) is 0 Å². The molecule has 2 rings (SSSR count). The Kier molecular flexibility index (Phi) is 26.3. The van der Waals surface area contributed by atoms with E-state index in [4.69, 9.17) is 21.5 Å². The third-order valence-corrected chi connectivity index (χ3v) is 4.17. The molecule has 2 aromatic heterocycles. The molecule has 0 aliphatic heterocycles. The third-order valence-electron chi connectivity index (χ3n) is 4.17. The van der Waals surface area contributed by atoms with Crippen LogP contribution >= 0.6 is 0 Å². The van der Waals surface area contributed by atoms with E-state index in [0.29, 0.717) is 13.2 Å². The molecule has 33 heavy (non-hydrogen) atoms. The average Bonchev–Trinajstić information content (AvgIpc) is 3.50. The van der Waals surface area contributed by atoms with Crippen molar-refractivity contribution < 1.29 is 10.2 Å². The highest BCUT2D eigenvalue weighted by molar-refractivity contribution is 4.90. The molecule has 2 aromatic rings. The number of nitrogens with zero attached hydrogens (tertiary/aromatic N) is 5. The molecule has 0 saturated carbocycles. The van der Waals surface area contributed by atoms with Gasteiger partial charge in [0.05, 0.1) is 6.54 Å². The lowest BCUT2D eigenvalue weighted by molar-refractivity contribution is 0.263. The Labute approximate surface area is 201 Å². The fraction of sp³-hybridized carbons (Fsp3) is 0.667. The topological polar surface area (TPSA) is 119 Å². The van der Waals surface area contributed by atoms with Gasteiger partial charge in [-0.15, -0.1) is 0 Å². The number of hydrogen-bond donors (Lipinski definition) is 4. The Morgan fingerprint density at radius 2 is 1.15 bits per heavy atom. The first-order valence-electron chi connectivity index (χ1n) is 11.7. The summed E-state index contributed by atoms with van der Waals surface area (Å²) in [4.78, 5) is 4.14. The number of nitrogens with two attached hydrogens (primary N) is 1. The molecule has 9 heteroatoms. The number of hydrogen-bond acceptors (Lipinski definition) is 7. The number of nitrogens with one attached hydrogen (secondary N) is 1. The monoisotopic (exact) mass is 467 g/mol. The van der Waals surface area contributed by atoms with Crippen LogP contribution in [0.15, 0.2) is 54.2 Å². The zero-order valence-electron chi connectivity index (χ0n) is 21.3. The highest BCUT2D eigenvalue weighted by Gasteiger charge is 1.87. The summed E-state index contributed by atoms with van der Waals surface area (Å²) in [7, 11) is 8.03. The van der Waals surface area contributed by atoms with Crippen LogP contribution in [-0.4, -0.2) is 96.7 Å². The van der Waals surface area contributed by atoms with Crippen LogP contribution < -0.4 is 5.73 Å². The first-order valence-corrected chi connectivity index (χ1v) is 11.7. The van der Waals surface area contributed by atoms with Crippen molar-refractivity contribution in [1.29, 1.82) is 5.53 Å². The summed E-state index contributed by atoms with van der Waals surface area (Å²) in [6.45, 7) is 6.00. The lowest BCUT2D eigenvalue weighted by Gasteiger charge is -2.05. The molecule has 0 saturated heterocycles. The first kappa shape index (κ1) is 33.1. The quantitative estimate of drug-likeness (QED) is 0.267. The van der Waals surface area contributed by atoms with Crippen molar-refractivity contribution in [2.45, 2.75) is 38.8 Å². The smallest absolute Gasteiger partial charge is 0.0608 e. The highest BCUT2D eigenvalue weighted by atomic mass is 16.3. The van der Waals surface area contributed by atoms with Gasteiger partial charge in [-0.1, -0.05) is 0 Å². The Morgan fingerprint density at radius 3 is 1.48 bits per heavy atom. The number of aromatic nitrogens is 2. The summed E-state index contributed by atoms with van der Waals surface area (Å²) < 4.78 is 4.18. The average molecular weight is 468 g/mol. The van der Waals surface area contributed by atoms with Gasteiger partial charge in [0, 0.05) is 51.1 Å². The molecule has 0 radical (unpaired) electrons. The minimum absolute atomic E-state index is 0.276. The van der Waals surface area contributed by atoms with Gasteiger partial charge in [0.25, 0.3) is 0 Å². The van der Waals surface area contributed by atoms with Crippen LogP contribution in [0, 0.1) is 5.53 Å². The molecule has 0 amide bonds. The van der Waals surface area contributed by atoms with Gasteiger partial charge in [0.2, 0.25) is 0 Å². The molecular formula is C24H49N7O2. The third kappa shape index (κ3) is 27.9. The van der Waals surface area contributed by atoms with Crippen LogP contribution in [0.5, 0.6) is 0 Å². The molecular weight excluding hydrogens is 418 g/mol. The van der Waals surface area contributed by atoms with Crippen LogP contribution in [0.1, 0.15) is 25.7 Å². The lowest BCUT2D eigenvalue weighted by Crippen LogP contribution is -2.13. The van der Waals surface area contributed by atoms with Crippen LogP contribution in [0.25, 0.3) is 0 Å². The fourth-order valence-electron chi connectivity index (χ4n) is 2.42. The number of aliphatic hydroxyl groups is 2. The van der Waals surface area contributed by atoms with E-state index in [0.717, 1.165) is 58.4 Å². The summed E-state index contributed by atoms with van der Waals surface area (Å²) in [5, 5.41) is 20.0. The number of aliphatic hydroxyl groups excluding tert-OH is 2. The minimum Gasteiger partial charge on any atom is -0.396 e. The summed E-state index contributed by atoms with van der Waals surface area (Å²) in [5.74, 6) is 0. The van der Waals surface area contributed by atoms with E-state index < -0.39 is 0 Å². The first-order chi connectivity index (χ1) is 15.9. The summed E-state index contributed by atoms with van der Waals surface area (Å²) in [6, 6.07) is 8.02. The number of rotatable bonds is 13. The molecule has 192 valence electrons. The molecule has 0 aliphatic carbocycles. The van der Waals surface area contributed by atoms with Crippen molar-refractivity contribution >= 4 is 0 Å². The predicted octanol–water partition coefficient (Wildman–Crippen LogP) is 2.61. The van der Waals surface area contributed by atoms with Crippen LogP contribution in [0.2, 0.25) is 0 Å². The molecule has 0 bridgehead atoms. The molecule has 0 atom stereocenters. The fourth-order valence-corrected chi connectivity index (χ4v) is 2.42. The molecule has 0 aromatic carbocycles. The lowest BCUT2D eigenvalue weighted by atomic mass is 10.4. The maximum absolute atomic E-state index is 8.45. The van der Waals surface area contributed by atoms with E-state index in [1.165, 1.54) is 0 Å². The van der Waals surface area contributed by atoms with E-state index >= 15 is 0 Å². The van der Waals surface area contributed by atoms with Gasteiger partial charge in [-0.05, 0) is 97.8 Å². The van der Waals surface area contributed by atoms with Crippen molar-refractivity contribution in [3.63, 3.8) is 0 Å². The van der Waals surface area contributed by atoms with Crippen LogP contribution in [-0.2, 0) is 13.1 Å². The molecule has 2 heterocycles. The Balaban J connectivity index is 0. The van der Waals surface area contributed by atoms with E-state index in [-0.39, 0.29) is 6.61 Å². The predicted molar refractivity (Wildman–Crippen MR) is 138 cm³/mol. The normalized spacial score (nSPS) is 9.97. The van der Waals surface area contributed by atoms with Crippen molar-refractivity contribution in [3.8, 4) is 0 Å². The Morgan fingerprint density at radius 1 is 0.727 bits per heavy atom. The van der Waals surface area contributed by atoms with Gasteiger partial charge < -0.3 is 34.9 Å². The SMILES string of the molecule is CN(C)CCCN=N.CN(C)CCCO.NCCCn1cccc1.OCCCn1cccc1. The van der Waals surface area contributed by atoms with Gasteiger partial charge in [0.15, 0.2) is 0 Å². The summed E-state index contributed by atoms with van der Waals surface area (Å²) in [6.07, 6.45) is 11.9. The second-order valence-electron chi connectivity index (χ2n) is 7.98. The summed E-state index contributed by atoms with van der Waals surface area (Å²) in [5.41, 5.74) is 11.8. The largest absolute Gasteiger partial charge is 0.396 e. The van der Waals surface area contributed by atoms with Crippen molar-refractivity contribution in [1.82, 2.24) is 18.9 Å². The summed E-state index contributed by atoms with van der Waals surface area (Å²) >= 11 is 0. The van der Waals surface area contributed by atoms with Gasteiger partial charge in [-0.2, -0.15) is 5.11 Å². The molecule has 0 fully saturated rings. The standard InChI is InChI=1S/C7H12N2.C7H11NO.C5H13N3.C5H13NO/c8-4-3-7-9-5-1-2-6-9;9-7-3-6-8-4-1-2-5-8;1-8(2)5-3-4-7-6;1-6(2)4-3-5-7/h1-2,5-6H,3-4,7-8H2;1-2,4-5,9H,3,6-7H2;6H,3-5H2,1-2H3;7H,3-5H2,1-2H3. The van der Waals surface area contributed by atoms with E-state index in [9.17, 15) is 0 Å².